The molecule has 0 amide bonds. The van der Waals surface area contributed by atoms with Crippen molar-refractivity contribution in [3.8, 4) is 11.5 Å². The van der Waals surface area contributed by atoms with Crippen LogP contribution in [0, 0.1) is 0 Å². The zero-order valence-electron chi connectivity index (χ0n) is 10.1. The van der Waals surface area contributed by atoms with E-state index < -0.39 is 0 Å². The average Bonchev–Trinajstić information content (AvgIpc) is 2.78. The molecular formula is C13H16O4. The molecule has 0 radical (unpaired) electrons. The maximum Gasteiger partial charge on any atom is 0.316 e. The molecule has 17 heavy (non-hydrogen) atoms. The number of methoxy groups -OCH3 is 1. The largest absolute Gasteiger partial charge is 0.493 e. The third kappa shape index (κ3) is 2.35. The molecule has 0 aliphatic carbocycles. The van der Waals surface area contributed by atoms with E-state index in [1.165, 1.54) is 7.11 Å². The van der Waals surface area contributed by atoms with E-state index in [-0.39, 0.29) is 11.9 Å². The maximum atomic E-state index is 11.5. The minimum absolute atomic E-state index is 0.258. The third-order valence-corrected chi connectivity index (χ3v) is 2.72. The lowest BCUT2D eigenvalue weighted by atomic mass is 10.0. The van der Waals surface area contributed by atoms with E-state index in [2.05, 4.69) is 6.92 Å². The van der Waals surface area contributed by atoms with E-state index in [1.807, 2.05) is 18.2 Å². The Morgan fingerprint density at radius 1 is 1.53 bits per heavy atom. The normalized spacial score (nSPS) is 17.2. The zero-order valence-corrected chi connectivity index (χ0v) is 10.1. The number of fused-ring (bicyclic) bond motifs is 1. The van der Waals surface area contributed by atoms with Crippen LogP contribution in [0.5, 0.6) is 11.5 Å². The molecule has 1 aromatic carbocycles. The van der Waals surface area contributed by atoms with Gasteiger partial charge in [-0.25, -0.2) is 0 Å². The van der Waals surface area contributed by atoms with Gasteiger partial charge in [-0.3, -0.25) is 4.79 Å². The summed E-state index contributed by atoms with van der Waals surface area (Å²) in [6.07, 6.45) is 0.961. The van der Waals surface area contributed by atoms with Gasteiger partial charge in [-0.15, -0.1) is 0 Å². The van der Waals surface area contributed by atoms with Crippen molar-refractivity contribution >= 4 is 5.97 Å². The molecule has 0 spiro atoms. The molecule has 1 aliphatic rings. The standard InChI is InChI=1S/C13H16O4/c1-3-6-16-9-4-5-10-11(13(14)15-2)8-17-12(10)7-9/h4-5,7,11H,3,6,8H2,1-2H3. The molecule has 92 valence electrons. The van der Waals surface area contributed by atoms with Gasteiger partial charge >= 0.3 is 5.97 Å². The predicted octanol–water partition coefficient (Wildman–Crippen LogP) is 2.12. The summed E-state index contributed by atoms with van der Waals surface area (Å²) < 4.78 is 15.7. The van der Waals surface area contributed by atoms with Gasteiger partial charge in [0.15, 0.2) is 0 Å². The topological polar surface area (TPSA) is 44.8 Å². The molecule has 0 bridgehead atoms. The van der Waals surface area contributed by atoms with Crippen LogP contribution in [0.3, 0.4) is 0 Å². The monoisotopic (exact) mass is 236 g/mol. The van der Waals surface area contributed by atoms with Crippen LogP contribution in [0.1, 0.15) is 24.8 Å². The molecule has 4 nitrogen and oxygen atoms in total. The van der Waals surface area contributed by atoms with Gasteiger partial charge in [-0.2, -0.15) is 0 Å². The molecule has 2 rings (SSSR count). The number of carbonyl (C=O) groups excluding carboxylic acids is 1. The lowest BCUT2D eigenvalue weighted by Crippen LogP contribution is -2.15. The van der Waals surface area contributed by atoms with Crippen molar-refractivity contribution in [2.24, 2.45) is 0 Å². The quantitative estimate of drug-likeness (QED) is 0.751. The van der Waals surface area contributed by atoms with Gasteiger partial charge in [0.2, 0.25) is 0 Å². The number of esters is 1. The SMILES string of the molecule is CCCOc1ccc2c(c1)OCC2C(=O)OC. The average molecular weight is 236 g/mol. The Balaban J connectivity index is 2.16. The van der Waals surface area contributed by atoms with Crippen LogP contribution >= 0.6 is 0 Å². The van der Waals surface area contributed by atoms with Crippen LogP contribution in [-0.4, -0.2) is 26.3 Å². The second kappa shape index (κ2) is 5.08. The number of ether oxygens (including phenoxy) is 3. The fourth-order valence-corrected chi connectivity index (χ4v) is 1.84. The molecule has 0 N–H and O–H groups in total. The van der Waals surface area contributed by atoms with E-state index in [1.54, 1.807) is 0 Å². The highest BCUT2D eigenvalue weighted by atomic mass is 16.5. The van der Waals surface area contributed by atoms with Crippen molar-refractivity contribution in [2.45, 2.75) is 19.3 Å². The maximum absolute atomic E-state index is 11.5. The third-order valence-electron chi connectivity index (χ3n) is 2.72. The van der Waals surface area contributed by atoms with E-state index in [0.29, 0.717) is 19.0 Å². The van der Waals surface area contributed by atoms with Gasteiger partial charge in [0.25, 0.3) is 0 Å². The second-order valence-electron chi connectivity index (χ2n) is 3.93. The Kier molecular flexibility index (Phi) is 3.52. The first-order valence-electron chi connectivity index (χ1n) is 5.73. The molecule has 1 atom stereocenters. The summed E-state index contributed by atoms with van der Waals surface area (Å²) in [5, 5.41) is 0. The first kappa shape index (κ1) is 11.8. The zero-order chi connectivity index (χ0) is 12.3. The summed E-state index contributed by atoms with van der Waals surface area (Å²) in [4.78, 5) is 11.5. The Labute approximate surface area is 100 Å². The van der Waals surface area contributed by atoms with E-state index in [9.17, 15) is 4.79 Å². The van der Waals surface area contributed by atoms with Gasteiger partial charge in [0.05, 0.1) is 13.7 Å². The highest BCUT2D eigenvalue weighted by molar-refractivity contribution is 5.80. The summed E-state index contributed by atoms with van der Waals surface area (Å²) in [5.74, 6) is 0.923. The molecule has 1 heterocycles. The highest BCUT2D eigenvalue weighted by Gasteiger charge is 2.31. The lowest BCUT2D eigenvalue weighted by molar-refractivity contribution is -0.142. The molecule has 1 unspecified atom stereocenters. The van der Waals surface area contributed by atoms with E-state index in [0.717, 1.165) is 17.7 Å². The van der Waals surface area contributed by atoms with Crippen LogP contribution in [0.25, 0.3) is 0 Å². The summed E-state index contributed by atoms with van der Waals surface area (Å²) >= 11 is 0. The molecule has 0 fully saturated rings. The molecule has 0 saturated carbocycles. The van der Waals surface area contributed by atoms with Crippen LogP contribution in [0.15, 0.2) is 18.2 Å². The Morgan fingerprint density at radius 2 is 2.35 bits per heavy atom. The lowest BCUT2D eigenvalue weighted by Gasteiger charge is -2.07. The molecule has 1 aliphatic heterocycles. The highest BCUT2D eigenvalue weighted by Crippen LogP contribution is 2.37. The summed E-state index contributed by atoms with van der Waals surface area (Å²) in [6.45, 7) is 3.08. The summed E-state index contributed by atoms with van der Waals surface area (Å²) in [5.41, 5.74) is 0.876. The van der Waals surface area contributed by atoms with Crippen LogP contribution in [-0.2, 0) is 9.53 Å². The van der Waals surface area contributed by atoms with Crippen molar-refractivity contribution in [1.29, 1.82) is 0 Å². The Bertz CT molecular complexity index is 414. The van der Waals surface area contributed by atoms with Gasteiger partial charge in [-0.1, -0.05) is 13.0 Å². The molecule has 0 saturated heterocycles. The second-order valence-corrected chi connectivity index (χ2v) is 3.93. The van der Waals surface area contributed by atoms with Crippen molar-refractivity contribution in [2.75, 3.05) is 20.3 Å². The first-order chi connectivity index (χ1) is 8.26. The summed E-state index contributed by atoms with van der Waals surface area (Å²) in [7, 11) is 1.39. The van der Waals surface area contributed by atoms with Crippen LogP contribution in [0.2, 0.25) is 0 Å². The Morgan fingerprint density at radius 3 is 3.06 bits per heavy atom. The van der Waals surface area contributed by atoms with E-state index >= 15 is 0 Å². The van der Waals surface area contributed by atoms with Crippen molar-refractivity contribution in [3.05, 3.63) is 23.8 Å². The number of carbonyl (C=O) groups is 1. The van der Waals surface area contributed by atoms with Gasteiger partial charge in [0.1, 0.15) is 24.0 Å². The Hall–Kier alpha value is -1.71. The minimum Gasteiger partial charge on any atom is -0.493 e. The van der Waals surface area contributed by atoms with Gasteiger partial charge < -0.3 is 14.2 Å². The van der Waals surface area contributed by atoms with Crippen LogP contribution < -0.4 is 9.47 Å². The molecular weight excluding hydrogens is 220 g/mol. The fourth-order valence-electron chi connectivity index (χ4n) is 1.84. The van der Waals surface area contributed by atoms with Crippen molar-refractivity contribution < 1.29 is 19.0 Å². The number of hydrogen-bond acceptors (Lipinski definition) is 4. The van der Waals surface area contributed by atoms with Crippen molar-refractivity contribution in [1.82, 2.24) is 0 Å². The number of benzene rings is 1. The van der Waals surface area contributed by atoms with E-state index in [4.69, 9.17) is 14.2 Å². The molecule has 1 aromatic rings. The number of rotatable bonds is 4. The molecule has 0 aromatic heterocycles. The predicted molar refractivity (Wildman–Crippen MR) is 62.5 cm³/mol. The van der Waals surface area contributed by atoms with Crippen molar-refractivity contribution in [3.63, 3.8) is 0 Å². The smallest absolute Gasteiger partial charge is 0.316 e. The fraction of sp³-hybridized carbons (Fsp3) is 0.462. The van der Waals surface area contributed by atoms with Gasteiger partial charge in [0, 0.05) is 11.6 Å². The summed E-state index contributed by atoms with van der Waals surface area (Å²) in [6, 6.07) is 5.56. The first-order valence-corrected chi connectivity index (χ1v) is 5.73. The minimum atomic E-state index is -0.310. The van der Waals surface area contributed by atoms with Gasteiger partial charge in [-0.05, 0) is 12.5 Å². The molecule has 4 heteroatoms. The number of hydrogen-bond donors (Lipinski definition) is 0. The van der Waals surface area contributed by atoms with Crippen LogP contribution in [0.4, 0.5) is 0 Å².